The van der Waals surface area contributed by atoms with Crippen molar-refractivity contribution in [1.82, 2.24) is 20.0 Å². The second kappa shape index (κ2) is 7.79. The van der Waals surface area contributed by atoms with Gasteiger partial charge in [0, 0.05) is 31.9 Å². The Hall–Kier alpha value is -0.870. The molecule has 114 valence electrons. The van der Waals surface area contributed by atoms with E-state index in [0.29, 0.717) is 0 Å². The number of aryl methyl sites for hydroxylation is 1. The van der Waals surface area contributed by atoms with Crippen LogP contribution in [0, 0.1) is 0 Å². The molecule has 1 aliphatic rings. The highest BCUT2D eigenvalue weighted by atomic mass is 15.2. The topological polar surface area (TPSA) is 33.1 Å². The molecule has 1 aliphatic carbocycles. The number of hydrogen-bond donors (Lipinski definition) is 1. The van der Waals surface area contributed by atoms with Crippen LogP contribution in [0.25, 0.3) is 0 Å². The minimum absolute atomic E-state index is 0.762. The van der Waals surface area contributed by atoms with Gasteiger partial charge in [-0.1, -0.05) is 6.92 Å². The Morgan fingerprint density at radius 3 is 2.70 bits per heavy atom. The Labute approximate surface area is 123 Å². The molecule has 0 unspecified atom stereocenters. The molecule has 4 heteroatoms. The molecule has 0 spiro atoms. The van der Waals surface area contributed by atoms with Crippen molar-refractivity contribution >= 4 is 0 Å². The maximum Gasteiger partial charge on any atom is 0.0522 e. The first-order valence-corrected chi connectivity index (χ1v) is 8.10. The first kappa shape index (κ1) is 15.5. The Kier molecular flexibility index (Phi) is 6.05. The molecule has 0 aliphatic heterocycles. The maximum atomic E-state index is 4.24. The second-order valence-corrected chi connectivity index (χ2v) is 6.21. The van der Waals surface area contributed by atoms with Crippen LogP contribution in [-0.4, -0.2) is 46.9 Å². The zero-order valence-electron chi connectivity index (χ0n) is 13.3. The molecule has 0 saturated heterocycles. The summed E-state index contributed by atoms with van der Waals surface area (Å²) in [7, 11) is 4.26. The Morgan fingerprint density at radius 2 is 2.10 bits per heavy atom. The number of likely N-dealkylation sites (N-methyl/N-ethyl adjacent to an activating group) is 1. The summed E-state index contributed by atoms with van der Waals surface area (Å²) in [6, 6.07) is 1.53. The summed E-state index contributed by atoms with van der Waals surface area (Å²) in [5.74, 6) is 0. The quantitative estimate of drug-likeness (QED) is 0.830. The van der Waals surface area contributed by atoms with Crippen LogP contribution in [0.3, 0.4) is 0 Å². The molecule has 1 fully saturated rings. The van der Waals surface area contributed by atoms with Crippen molar-refractivity contribution in [3.63, 3.8) is 0 Å². The van der Waals surface area contributed by atoms with Crippen molar-refractivity contribution < 1.29 is 0 Å². The molecule has 0 aromatic carbocycles. The fourth-order valence-corrected chi connectivity index (χ4v) is 3.16. The van der Waals surface area contributed by atoms with E-state index in [0.717, 1.165) is 25.0 Å². The van der Waals surface area contributed by atoms with Crippen LogP contribution in [0.2, 0.25) is 0 Å². The summed E-state index contributed by atoms with van der Waals surface area (Å²) in [6.45, 7) is 4.56. The van der Waals surface area contributed by atoms with Crippen LogP contribution in [0.4, 0.5) is 0 Å². The Bertz CT molecular complexity index is 380. The highest BCUT2D eigenvalue weighted by Crippen LogP contribution is 2.22. The monoisotopic (exact) mass is 278 g/mol. The van der Waals surface area contributed by atoms with Crippen molar-refractivity contribution in [3.8, 4) is 0 Å². The molecule has 20 heavy (non-hydrogen) atoms. The molecule has 1 aromatic heterocycles. The third-order valence-corrected chi connectivity index (χ3v) is 4.51. The fraction of sp³-hybridized carbons (Fsp3) is 0.812. The van der Waals surface area contributed by atoms with Gasteiger partial charge in [-0.25, -0.2) is 0 Å². The minimum atomic E-state index is 0.762. The number of hydrogen-bond acceptors (Lipinski definition) is 3. The van der Waals surface area contributed by atoms with Gasteiger partial charge >= 0.3 is 0 Å². The van der Waals surface area contributed by atoms with E-state index in [4.69, 9.17) is 0 Å². The lowest BCUT2D eigenvalue weighted by molar-refractivity contribution is 0.176. The lowest BCUT2D eigenvalue weighted by Crippen LogP contribution is -2.41. The van der Waals surface area contributed by atoms with E-state index in [9.17, 15) is 0 Å². The summed E-state index contributed by atoms with van der Waals surface area (Å²) >= 11 is 0. The van der Waals surface area contributed by atoms with Gasteiger partial charge in [-0.3, -0.25) is 4.68 Å². The number of rotatable bonds is 7. The Balaban J connectivity index is 1.67. The third kappa shape index (κ3) is 4.60. The molecular formula is C16H30N4. The number of nitrogens with one attached hydrogen (secondary N) is 1. The standard InChI is InChI=1S/C16H30N4/c1-4-10-17-15-5-7-16(8-6-15)19(2)11-9-14-12-18-20(3)13-14/h12-13,15-17H,4-11H2,1-3H3. The molecule has 1 aromatic rings. The van der Waals surface area contributed by atoms with Gasteiger partial charge in [0.25, 0.3) is 0 Å². The summed E-state index contributed by atoms with van der Waals surface area (Å²) in [5.41, 5.74) is 1.35. The molecular weight excluding hydrogens is 248 g/mol. The van der Waals surface area contributed by atoms with Gasteiger partial charge < -0.3 is 10.2 Å². The lowest BCUT2D eigenvalue weighted by Gasteiger charge is -2.35. The van der Waals surface area contributed by atoms with Gasteiger partial charge in [-0.05, 0) is 57.7 Å². The van der Waals surface area contributed by atoms with E-state index in [2.05, 4.69) is 35.5 Å². The summed E-state index contributed by atoms with van der Waals surface area (Å²) in [5, 5.41) is 7.90. The van der Waals surface area contributed by atoms with Crippen LogP contribution < -0.4 is 5.32 Å². The zero-order valence-corrected chi connectivity index (χ0v) is 13.3. The van der Waals surface area contributed by atoms with Gasteiger partial charge in [-0.15, -0.1) is 0 Å². The van der Waals surface area contributed by atoms with Gasteiger partial charge in [0.15, 0.2) is 0 Å². The van der Waals surface area contributed by atoms with Gasteiger partial charge in [0.1, 0.15) is 0 Å². The van der Waals surface area contributed by atoms with Crippen molar-refractivity contribution in [1.29, 1.82) is 0 Å². The molecule has 1 heterocycles. The van der Waals surface area contributed by atoms with Crippen LogP contribution in [0.1, 0.15) is 44.6 Å². The minimum Gasteiger partial charge on any atom is -0.314 e. The normalized spacial score (nSPS) is 23.4. The van der Waals surface area contributed by atoms with E-state index >= 15 is 0 Å². The number of aromatic nitrogens is 2. The van der Waals surface area contributed by atoms with E-state index in [1.165, 1.54) is 44.2 Å². The molecule has 2 rings (SSSR count). The zero-order chi connectivity index (χ0) is 14.4. The molecule has 0 amide bonds. The van der Waals surface area contributed by atoms with E-state index in [1.807, 2.05) is 17.9 Å². The van der Waals surface area contributed by atoms with Crippen LogP contribution in [0.5, 0.6) is 0 Å². The maximum absolute atomic E-state index is 4.24. The van der Waals surface area contributed by atoms with Gasteiger partial charge in [0.2, 0.25) is 0 Å². The first-order chi connectivity index (χ1) is 9.69. The highest BCUT2D eigenvalue weighted by molar-refractivity contribution is 5.04. The molecule has 0 bridgehead atoms. The van der Waals surface area contributed by atoms with Crippen LogP contribution in [0.15, 0.2) is 12.4 Å². The van der Waals surface area contributed by atoms with Crippen molar-refractivity contribution in [2.75, 3.05) is 20.1 Å². The summed E-state index contributed by atoms with van der Waals surface area (Å²) in [4.78, 5) is 2.54. The molecule has 1 N–H and O–H groups in total. The summed E-state index contributed by atoms with van der Waals surface area (Å²) < 4.78 is 1.89. The third-order valence-electron chi connectivity index (χ3n) is 4.51. The predicted molar refractivity (Wildman–Crippen MR) is 83.9 cm³/mol. The van der Waals surface area contributed by atoms with Crippen LogP contribution in [-0.2, 0) is 13.5 Å². The highest BCUT2D eigenvalue weighted by Gasteiger charge is 2.23. The largest absolute Gasteiger partial charge is 0.314 e. The fourth-order valence-electron chi connectivity index (χ4n) is 3.16. The van der Waals surface area contributed by atoms with Crippen LogP contribution >= 0.6 is 0 Å². The molecule has 1 saturated carbocycles. The van der Waals surface area contributed by atoms with E-state index < -0.39 is 0 Å². The predicted octanol–water partition coefficient (Wildman–Crippen LogP) is 2.21. The van der Waals surface area contributed by atoms with Gasteiger partial charge in [0.05, 0.1) is 6.20 Å². The van der Waals surface area contributed by atoms with E-state index in [1.54, 1.807) is 0 Å². The average molecular weight is 278 g/mol. The summed E-state index contributed by atoms with van der Waals surface area (Å²) in [6.07, 6.45) is 11.8. The van der Waals surface area contributed by atoms with Crippen molar-refractivity contribution in [2.24, 2.45) is 7.05 Å². The average Bonchev–Trinajstić information content (AvgIpc) is 2.89. The smallest absolute Gasteiger partial charge is 0.0522 e. The molecule has 0 atom stereocenters. The number of nitrogens with zero attached hydrogens (tertiary/aromatic N) is 3. The SMILES string of the molecule is CCCNC1CCC(N(C)CCc2cnn(C)c2)CC1. The first-order valence-electron chi connectivity index (χ1n) is 8.10. The van der Waals surface area contributed by atoms with Crippen molar-refractivity contribution in [3.05, 3.63) is 18.0 Å². The Morgan fingerprint density at radius 1 is 1.35 bits per heavy atom. The van der Waals surface area contributed by atoms with Crippen molar-refractivity contribution in [2.45, 2.75) is 57.5 Å². The molecule has 4 nitrogen and oxygen atoms in total. The second-order valence-electron chi connectivity index (χ2n) is 6.21. The lowest BCUT2D eigenvalue weighted by atomic mass is 9.90. The van der Waals surface area contributed by atoms with E-state index in [-0.39, 0.29) is 0 Å². The molecule has 0 radical (unpaired) electrons. The van der Waals surface area contributed by atoms with Gasteiger partial charge in [-0.2, -0.15) is 5.10 Å².